The molecule has 19 heavy (non-hydrogen) atoms. The van der Waals surface area contributed by atoms with Crippen LogP contribution in [0, 0.1) is 0 Å². The lowest BCUT2D eigenvalue weighted by Crippen LogP contribution is -1.98. The molecule has 0 aliphatic heterocycles. The molecule has 0 rings (SSSR count). The Kier molecular flexibility index (Phi) is 14.2. The van der Waals surface area contributed by atoms with Gasteiger partial charge in [0.2, 0.25) is 0 Å². The van der Waals surface area contributed by atoms with E-state index in [2.05, 4.69) is 36.0 Å². The summed E-state index contributed by atoms with van der Waals surface area (Å²) < 4.78 is 4.59. The normalized spacial score (nSPS) is 11.5. The summed E-state index contributed by atoms with van der Waals surface area (Å²) in [7, 11) is 1.44. The van der Waals surface area contributed by atoms with Crippen LogP contribution >= 0.6 is 0 Å². The average molecular weight is 266 g/mol. The van der Waals surface area contributed by atoms with Crippen LogP contribution in [0.15, 0.2) is 24.3 Å². The molecule has 0 aromatic heterocycles. The van der Waals surface area contributed by atoms with E-state index in [9.17, 15) is 4.79 Å². The number of methoxy groups -OCH3 is 1. The van der Waals surface area contributed by atoms with Crippen LogP contribution in [0.3, 0.4) is 0 Å². The maximum Gasteiger partial charge on any atom is 0.305 e. The molecule has 2 nitrogen and oxygen atoms in total. The number of hydrogen-bond acceptors (Lipinski definition) is 2. The fourth-order valence-corrected chi connectivity index (χ4v) is 1.82. The van der Waals surface area contributed by atoms with Gasteiger partial charge in [-0.2, -0.15) is 0 Å². The molecule has 0 aliphatic carbocycles. The van der Waals surface area contributed by atoms with Crippen LogP contribution in [0.2, 0.25) is 0 Å². The van der Waals surface area contributed by atoms with Crippen molar-refractivity contribution in [1.29, 1.82) is 0 Å². The Balaban J connectivity index is 3.24. The predicted molar refractivity (Wildman–Crippen MR) is 82.1 cm³/mol. The number of allylic oxidation sites excluding steroid dienone is 4. The molecule has 0 aromatic carbocycles. The molecule has 0 N–H and O–H groups in total. The Morgan fingerprint density at radius 3 is 2.00 bits per heavy atom. The molecule has 0 aliphatic rings. The fraction of sp³-hybridized carbons (Fsp3) is 0.706. The van der Waals surface area contributed by atoms with E-state index in [0.29, 0.717) is 6.42 Å². The lowest BCUT2D eigenvalue weighted by atomic mass is 10.1. The summed E-state index contributed by atoms with van der Waals surface area (Å²) in [6.07, 6.45) is 20.2. The first-order chi connectivity index (χ1) is 9.31. The second-order valence-electron chi connectivity index (χ2n) is 4.84. The molecular weight excluding hydrogens is 236 g/mol. The van der Waals surface area contributed by atoms with Gasteiger partial charge in [-0.3, -0.25) is 4.79 Å². The maximum atomic E-state index is 10.9. The molecule has 110 valence electrons. The van der Waals surface area contributed by atoms with Gasteiger partial charge in [-0.15, -0.1) is 0 Å². The highest BCUT2D eigenvalue weighted by Gasteiger charge is 1.96. The fourth-order valence-electron chi connectivity index (χ4n) is 1.82. The largest absolute Gasteiger partial charge is 0.469 e. The van der Waals surface area contributed by atoms with Gasteiger partial charge in [0.05, 0.1) is 7.11 Å². The second kappa shape index (κ2) is 15.0. The lowest BCUT2D eigenvalue weighted by molar-refractivity contribution is -0.140. The highest BCUT2D eigenvalue weighted by atomic mass is 16.5. The third-order valence-corrected chi connectivity index (χ3v) is 3.04. The summed E-state index contributed by atoms with van der Waals surface area (Å²) >= 11 is 0. The number of carbonyl (C=O) groups is 1. The molecule has 0 amide bonds. The summed E-state index contributed by atoms with van der Waals surface area (Å²) in [6.45, 7) is 2.24. The summed E-state index contributed by atoms with van der Waals surface area (Å²) in [5, 5.41) is 0. The minimum absolute atomic E-state index is 0.112. The Morgan fingerprint density at radius 2 is 1.42 bits per heavy atom. The van der Waals surface area contributed by atoms with Gasteiger partial charge in [0.1, 0.15) is 0 Å². The topological polar surface area (TPSA) is 26.3 Å². The molecule has 0 radical (unpaired) electrons. The number of carbonyl (C=O) groups excluding carboxylic acids is 1. The highest BCUT2D eigenvalue weighted by Crippen LogP contribution is 2.04. The number of hydrogen-bond donors (Lipinski definition) is 0. The molecule has 0 aromatic rings. The molecule has 0 heterocycles. The average Bonchev–Trinajstić information content (AvgIpc) is 2.43. The van der Waals surface area contributed by atoms with E-state index in [1.54, 1.807) is 0 Å². The summed E-state index contributed by atoms with van der Waals surface area (Å²) in [5.41, 5.74) is 0. The molecular formula is C17H30O2. The number of unbranched alkanes of at least 4 members (excludes halogenated alkanes) is 6. The smallest absolute Gasteiger partial charge is 0.305 e. The van der Waals surface area contributed by atoms with Gasteiger partial charge in [0.25, 0.3) is 0 Å². The Bertz CT molecular complexity index is 254. The van der Waals surface area contributed by atoms with Gasteiger partial charge in [-0.25, -0.2) is 0 Å². The van der Waals surface area contributed by atoms with Crippen molar-refractivity contribution in [1.82, 2.24) is 0 Å². The van der Waals surface area contributed by atoms with Crippen LogP contribution in [-0.4, -0.2) is 13.1 Å². The molecule has 0 fully saturated rings. The van der Waals surface area contributed by atoms with E-state index in [1.807, 2.05) is 0 Å². The Labute approximate surface area is 118 Å². The standard InChI is InChI=1S/C17H30O2/c1-3-4-5-6-7-8-9-10-11-12-13-14-15-16-17(18)19-2/h8-9,12-13H,3-7,10-11,14-16H2,1-2H3/b9-8-,13-12-. The van der Waals surface area contributed by atoms with Crippen LogP contribution in [-0.2, 0) is 9.53 Å². The quantitative estimate of drug-likeness (QED) is 0.276. The lowest BCUT2D eigenvalue weighted by Gasteiger charge is -1.95. The van der Waals surface area contributed by atoms with Crippen LogP contribution < -0.4 is 0 Å². The van der Waals surface area contributed by atoms with Crippen LogP contribution in [0.25, 0.3) is 0 Å². The van der Waals surface area contributed by atoms with Crippen LogP contribution in [0.1, 0.15) is 71.1 Å². The zero-order chi connectivity index (χ0) is 14.2. The highest BCUT2D eigenvalue weighted by molar-refractivity contribution is 5.68. The first kappa shape index (κ1) is 17.9. The number of esters is 1. The van der Waals surface area contributed by atoms with E-state index < -0.39 is 0 Å². The van der Waals surface area contributed by atoms with Crippen LogP contribution in [0.5, 0.6) is 0 Å². The van der Waals surface area contributed by atoms with Crippen molar-refractivity contribution in [2.24, 2.45) is 0 Å². The van der Waals surface area contributed by atoms with Gasteiger partial charge >= 0.3 is 5.97 Å². The van der Waals surface area contributed by atoms with Crippen molar-refractivity contribution in [3.8, 4) is 0 Å². The van der Waals surface area contributed by atoms with Gasteiger partial charge in [-0.05, 0) is 38.5 Å². The monoisotopic (exact) mass is 266 g/mol. The second-order valence-corrected chi connectivity index (χ2v) is 4.84. The predicted octanol–water partition coefficient (Wildman–Crippen LogP) is 5.19. The first-order valence-corrected chi connectivity index (χ1v) is 7.68. The molecule has 0 spiro atoms. The zero-order valence-corrected chi connectivity index (χ0v) is 12.7. The van der Waals surface area contributed by atoms with E-state index in [-0.39, 0.29) is 5.97 Å². The molecule has 2 heteroatoms. The maximum absolute atomic E-state index is 10.9. The van der Waals surface area contributed by atoms with Crippen molar-refractivity contribution in [2.45, 2.75) is 71.1 Å². The van der Waals surface area contributed by atoms with E-state index in [1.165, 1.54) is 39.2 Å². The Morgan fingerprint density at radius 1 is 0.842 bits per heavy atom. The molecule has 0 bridgehead atoms. The summed E-state index contributed by atoms with van der Waals surface area (Å²) in [6, 6.07) is 0. The van der Waals surface area contributed by atoms with E-state index in [4.69, 9.17) is 0 Å². The van der Waals surface area contributed by atoms with Crippen molar-refractivity contribution in [2.75, 3.05) is 7.11 Å². The minimum atomic E-state index is -0.112. The van der Waals surface area contributed by atoms with Crippen molar-refractivity contribution < 1.29 is 9.53 Å². The van der Waals surface area contributed by atoms with Crippen molar-refractivity contribution in [3.05, 3.63) is 24.3 Å². The van der Waals surface area contributed by atoms with Crippen molar-refractivity contribution in [3.63, 3.8) is 0 Å². The molecule has 0 unspecified atom stereocenters. The zero-order valence-electron chi connectivity index (χ0n) is 12.7. The van der Waals surface area contributed by atoms with E-state index in [0.717, 1.165) is 25.7 Å². The number of ether oxygens (including phenoxy) is 1. The van der Waals surface area contributed by atoms with E-state index >= 15 is 0 Å². The van der Waals surface area contributed by atoms with Crippen molar-refractivity contribution >= 4 is 5.97 Å². The van der Waals surface area contributed by atoms with Crippen LogP contribution in [0.4, 0.5) is 0 Å². The molecule has 0 atom stereocenters. The molecule has 0 saturated carbocycles. The molecule has 0 saturated heterocycles. The number of rotatable bonds is 12. The summed E-state index contributed by atoms with van der Waals surface area (Å²) in [4.78, 5) is 10.9. The van der Waals surface area contributed by atoms with Gasteiger partial charge in [0, 0.05) is 6.42 Å². The minimum Gasteiger partial charge on any atom is -0.469 e. The summed E-state index contributed by atoms with van der Waals surface area (Å²) in [5.74, 6) is -0.112. The van der Waals surface area contributed by atoms with Gasteiger partial charge in [-0.1, -0.05) is 50.5 Å². The first-order valence-electron chi connectivity index (χ1n) is 7.68. The Hall–Kier alpha value is -1.05. The SMILES string of the molecule is CCCCCC/C=C\CC/C=C\CCCC(=O)OC. The van der Waals surface area contributed by atoms with Gasteiger partial charge < -0.3 is 4.74 Å². The van der Waals surface area contributed by atoms with Gasteiger partial charge in [0.15, 0.2) is 0 Å². The third kappa shape index (κ3) is 14.9. The third-order valence-electron chi connectivity index (χ3n) is 3.04.